The summed E-state index contributed by atoms with van der Waals surface area (Å²) >= 11 is 1.21. The first-order valence-electron chi connectivity index (χ1n) is 11.5. The number of morpholine rings is 1. The zero-order chi connectivity index (χ0) is 23.1. The van der Waals surface area contributed by atoms with Gasteiger partial charge in [0.05, 0.1) is 19.0 Å². The molecule has 10 heteroatoms. The standard InChI is InChI=1S/C23H31FN4O4S/c1-17(31-19-7-5-18(24)6-8-19)21-26-27-22(32-21)33-15-20(29)25-16-23(9-3-2-4-10-23)28-11-13-30-14-12-28/h5-8,17H,2-4,9-16H2,1H3,(H,25,29). The number of nitrogens with zero attached hydrogens (tertiary/aromatic N) is 3. The van der Waals surface area contributed by atoms with Crippen molar-refractivity contribution in [2.24, 2.45) is 0 Å². The number of ether oxygens (including phenoxy) is 2. The highest BCUT2D eigenvalue weighted by molar-refractivity contribution is 7.99. The molecule has 1 N–H and O–H groups in total. The molecule has 0 bridgehead atoms. The van der Waals surface area contributed by atoms with Crippen molar-refractivity contribution < 1.29 is 23.1 Å². The Morgan fingerprint density at radius 1 is 1.21 bits per heavy atom. The van der Waals surface area contributed by atoms with Gasteiger partial charge in [-0.05, 0) is 44.0 Å². The predicted octanol–water partition coefficient (Wildman–Crippen LogP) is 3.59. The van der Waals surface area contributed by atoms with Crippen LogP contribution in [0, 0.1) is 5.82 Å². The molecule has 8 nitrogen and oxygen atoms in total. The molecule has 2 fully saturated rings. The Bertz CT molecular complexity index is 898. The normalized spacial score (nSPS) is 19.7. The highest BCUT2D eigenvalue weighted by Gasteiger charge is 2.38. The molecule has 180 valence electrons. The smallest absolute Gasteiger partial charge is 0.277 e. The molecule has 1 amide bonds. The van der Waals surface area contributed by atoms with E-state index in [1.165, 1.54) is 55.3 Å². The first-order valence-corrected chi connectivity index (χ1v) is 12.5. The van der Waals surface area contributed by atoms with Crippen LogP contribution in [0.3, 0.4) is 0 Å². The molecule has 0 radical (unpaired) electrons. The SMILES string of the molecule is CC(Oc1ccc(F)cc1)c1nnc(SCC(=O)NCC2(N3CCOCC3)CCCCC2)o1. The van der Waals surface area contributed by atoms with Gasteiger partial charge in [-0.2, -0.15) is 0 Å². The van der Waals surface area contributed by atoms with Crippen LogP contribution >= 0.6 is 11.8 Å². The molecule has 0 spiro atoms. The molecular weight excluding hydrogens is 447 g/mol. The monoisotopic (exact) mass is 478 g/mol. The molecule has 33 heavy (non-hydrogen) atoms. The minimum atomic E-state index is -0.495. The van der Waals surface area contributed by atoms with E-state index < -0.39 is 6.10 Å². The molecule has 1 aliphatic carbocycles. The van der Waals surface area contributed by atoms with Gasteiger partial charge >= 0.3 is 0 Å². The van der Waals surface area contributed by atoms with E-state index in [0.717, 1.165) is 39.1 Å². The Morgan fingerprint density at radius 3 is 2.67 bits per heavy atom. The molecule has 2 aliphatic rings. The van der Waals surface area contributed by atoms with Crippen LogP contribution in [-0.2, 0) is 9.53 Å². The average molecular weight is 479 g/mol. The van der Waals surface area contributed by atoms with E-state index in [1.54, 1.807) is 6.92 Å². The number of halogens is 1. The van der Waals surface area contributed by atoms with Crippen molar-refractivity contribution in [3.63, 3.8) is 0 Å². The number of carbonyl (C=O) groups is 1. The Labute approximate surface area is 197 Å². The van der Waals surface area contributed by atoms with Crippen LogP contribution in [0.1, 0.15) is 51.0 Å². The molecule has 1 saturated carbocycles. The van der Waals surface area contributed by atoms with Crippen molar-refractivity contribution in [3.8, 4) is 5.75 Å². The first kappa shape index (κ1) is 24.0. The highest BCUT2D eigenvalue weighted by Crippen LogP contribution is 2.34. The number of amides is 1. The van der Waals surface area contributed by atoms with Crippen molar-refractivity contribution >= 4 is 17.7 Å². The van der Waals surface area contributed by atoms with Gasteiger partial charge in [-0.1, -0.05) is 31.0 Å². The van der Waals surface area contributed by atoms with E-state index in [-0.39, 0.29) is 23.0 Å². The first-order chi connectivity index (χ1) is 16.0. The molecule has 2 heterocycles. The number of hydrogen-bond acceptors (Lipinski definition) is 8. The van der Waals surface area contributed by atoms with Crippen LogP contribution in [0.4, 0.5) is 4.39 Å². The number of hydrogen-bond donors (Lipinski definition) is 1. The van der Waals surface area contributed by atoms with Crippen molar-refractivity contribution in [2.75, 3.05) is 38.6 Å². The average Bonchev–Trinajstić information content (AvgIpc) is 3.33. The van der Waals surface area contributed by atoms with Gasteiger partial charge in [-0.25, -0.2) is 4.39 Å². The van der Waals surface area contributed by atoms with Gasteiger partial charge in [-0.3, -0.25) is 9.69 Å². The van der Waals surface area contributed by atoms with Gasteiger partial charge in [0.1, 0.15) is 11.6 Å². The Balaban J connectivity index is 1.25. The van der Waals surface area contributed by atoms with Gasteiger partial charge < -0.3 is 19.2 Å². The number of rotatable bonds is 9. The molecule has 1 saturated heterocycles. The minimum Gasteiger partial charge on any atom is -0.481 e. The third-order valence-electron chi connectivity index (χ3n) is 6.30. The Morgan fingerprint density at radius 2 is 1.94 bits per heavy atom. The van der Waals surface area contributed by atoms with Gasteiger partial charge in [-0.15, -0.1) is 10.2 Å². The van der Waals surface area contributed by atoms with Crippen LogP contribution in [0.15, 0.2) is 33.9 Å². The maximum atomic E-state index is 13.0. The number of thioether (sulfide) groups is 1. The van der Waals surface area contributed by atoms with E-state index >= 15 is 0 Å². The third-order valence-corrected chi connectivity index (χ3v) is 7.12. The zero-order valence-corrected chi connectivity index (χ0v) is 19.7. The Hall–Kier alpha value is -2.17. The second-order valence-electron chi connectivity index (χ2n) is 8.57. The highest BCUT2D eigenvalue weighted by atomic mass is 32.2. The summed E-state index contributed by atoms with van der Waals surface area (Å²) in [6.07, 6.45) is 5.39. The summed E-state index contributed by atoms with van der Waals surface area (Å²) < 4.78 is 29.9. The Kier molecular flexibility index (Phi) is 8.21. The molecule has 1 atom stereocenters. The van der Waals surface area contributed by atoms with Crippen molar-refractivity contribution in [1.29, 1.82) is 0 Å². The molecule has 1 aromatic heterocycles. The lowest BCUT2D eigenvalue weighted by molar-refractivity contribution is -0.119. The lowest BCUT2D eigenvalue weighted by Crippen LogP contribution is -2.59. The van der Waals surface area contributed by atoms with Crippen molar-refractivity contribution in [2.45, 2.75) is 55.9 Å². The van der Waals surface area contributed by atoms with E-state index in [0.29, 0.717) is 23.4 Å². The van der Waals surface area contributed by atoms with Crippen molar-refractivity contribution in [1.82, 2.24) is 20.4 Å². The van der Waals surface area contributed by atoms with Gasteiger partial charge in [0.25, 0.3) is 11.1 Å². The van der Waals surface area contributed by atoms with Gasteiger partial charge in [0.15, 0.2) is 6.10 Å². The predicted molar refractivity (Wildman–Crippen MR) is 122 cm³/mol. The van der Waals surface area contributed by atoms with E-state index in [1.807, 2.05) is 0 Å². The van der Waals surface area contributed by atoms with E-state index in [2.05, 4.69) is 20.4 Å². The van der Waals surface area contributed by atoms with Crippen LogP contribution < -0.4 is 10.1 Å². The summed E-state index contributed by atoms with van der Waals surface area (Å²) in [6, 6.07) is 5.73. The molecule has 1 unspecified atom stereocenters. The summed E-state index contributed by atoms with van der Waals surface area (Å²) in [5, 5.41) is 11.5. The van der Waals surface area contributed by atoms with Crippen LogP contribution in [0.25, 0.3) is 0 Å². The maximum absolute atomic E-state index is 13.0. The molecule has 2 aromatic rings. The quantitative estimate of drug-likeness (QED) is 0.547. The molecular formula is C23H31FN4O4S. The second kappa shape index (κ2) is 11.3. The zero-order valence-electron chi connectivity index (χ0n) is 18.9. The number of benzene rings is 1. The second-order valence-corrected chi connectivity index (χ2v) is 9.50. The molecule has 4 rings (SSSR count). The fourth-order valence-corrected chi connectivity index (χ4v) is 5.10. The van der Waals surface area contributed by atoms with Crippen LogP contribution in [0.5, 0.6) is 5.75 Å². The fraction of sp³-hybridized carbons (Fsp3) is 0.609. The maximum Gasteiger partial charge on any atom is 0.277 e. The largest absolute Gasteiger partial charge is 0.481 e. The molecule has 1 aliphatic heterocycles. The van der Waals surface area contributed by atoms with Crippen LogP contribution in [0.2, 0.25) is 0 Å². The summed E-state index contributed by atoms with van der Waals surface area (Å²) in [5.41, 5.74) is 0.0349. The topological polar surface area (TPSA) is 89.7 Å². The minimum absolute atomic E-state index is 0.0349. The number of nitrogens with one attached hydrogen (secondary N) is 1. The third kappa shape index (κ3) is 6.45. The summed E-state index contributed by atoms with van der Waals surface area (Å²) in [4.78, 5) is 15.1. The number of aromatic nitrogens is 2. The van der Waals surface area contributed by atoms with E-state index in [4.69, 9.17) is 13.9 Å². The van der Waals surface area contributed by atoms with Crippen molar-refractivity contribution in [3.05, 3.63) is 36.0 Å². The van der Waals surface area contributed by atoms with Crippen LogP contribution in [-0.4, -0.2) is 65.1 Å². The summed E-state index contributed by atoms with van der Waals surface area (Å²) in [6.45, 7) is 5.79. The lowest BCUT2D eigenvalue weighted by atomic mass is 9.79. The summed E-state index contributed by atoms with van der Waals surface area (Å²) in [7, 11) is 0. The fourth-order valence-electron chi connectivity index (χ4n) is 4.50. The molecule has 1 aromatic carbocycles. The summed E-state index contributed by atoms with van der Waals surface area (Å²) in [5.74, 6) is 0.634. The lowest BCUT2D eigenvalue weighted by Gasteiger charge is -2.48. The van der Waals surface area contributed by atoms with Gasteiger partial charge in [0, 0.05) is 25.2 Å². The van der Waals surface area contributed by atoms with E-state index in [9.17, 15) is 9.18 Å². The van der Waals surface area contributed by atoms with Gasteiger partial charge in [0.2, 0.25) is 5.91 Å². The number of carbonyl (C=O) groups excluding carboxylic acids is 1.